The molecule has 2 amide bonds. The number of hydrogen-bond acceptors (Lipinski definition) is 6. The van der Waals surface area contributed by atoms with E-state index in [1.807, 2.05) is 13.2 Å². The normalized spacial score (nSPS) is 10.4. The van der Waals surface area contributed by atoms with Crippen molar-refractivity contribution in [2.75, 3.05) is 23.5 Å². The summed E-state index contributed by atoms with van der Waals surface area (Å²) in [7, 11) is 0. The molecule has 9 heteroatoms. The minimum Gasteiger partial charge on any atom is -0.483 e. The van der Waals surface area contributed by atoms with Gasteiger partial charge in [0.1, 0.15) is 11.6 Å². The van der Waals surface area contributed by atoms with Gasteiger partial charge in [0.25, 0.3) is 11.8 Å². The second kappa shape index (κ2) is 9.53. The zero-order chi connectivity index (χ0) is 20.8. The van der Waals surface area contributed by atoms with Gasteiger partial charge < -0.3 is 10.1 Å². The van der Waals surface area contributed by atoms with Crippen molar-refractivity contribution in [2.45, 2.75) is 11.1 Å². The number of amides is 2. The highest BCUT2D eigenvalue weighted by atomic mass is 32.2. The molecule has 6 nitrogen and oxygen atoms in total. The topological polar surface area (TPSA) is 80.3 Å². The van der Waals surface area contributed by atoms with E-state index in [9.17, 15) is 14.0 Å². The summed E-state index contributed by atoms with van der Waals surface area (Å²) < 4.78 is 20.2. The third-order valence-corrected chi connectivity index (χ3v) is 6.08. The number of benzene rings is 2. The van der Waals surface area contributed by atoms with Gasteiger partial charge in [-0.3, -0.25) is 14.9 Å². The number of carbonyl (C=O) groups is 2. The minimum atomic E-state index is -0.538. The van der Waals surface area contributed by atoms with Crippen molar-refractivity contribution in [3.8, 4) is 5.75 Å². The lowest BCUT2D eigenvalue weighted by Gasteiger charge is -2.11. The Morgan fingerprint density at radius 2 is 1.86 bits per heavy atom. The first-order chi connectivity index (χ1) is 14.0. The van der Waals surface area contributed by atoms with Crippen LogP contribution in [0.2, 0.25) is 0 Å². The van der Waals surface area contributed by atoms with Crippen molar-refractivity contribution < 1.29 is 18.7 Å². The van der Waals surface area contributed by atoms with Crippen LogP contribution in [-0.2, 0) is 4.79 Å². The number of ether oxygens (including phenoxy) is 1. The highest BCUT2D eigenvalue weighted by Crippen LogP contribution is 2.31. The number of nitrogens with zero attached hydrogens (tertiary/aromatic N) is 1. The zero-order valence-corrected chi connectivity index (χ0v) is 17.3. The summed E-state index contributed by atoms with van der Waals surface area (Å²) in [6.07, 6.45) is 1.95. The number of anilines is 2. The number of thiazole rings is 1. The molecule has 0 bridgehead atoms. The number of aryl methyl sites for hydroxylation is 1. The molecular formula is C20H18FN3O3S2. The van der Waals surface area contributed by atoms with Gasteiger partial charge in [0.2, 0.25) is 0 Å². The van der Waals surface area contributed by atoms with Gasteiger partial charge in [-0.15, -0.1) is 11.8 Å². The lowest BCUT2D eigenvalue weighted by Crippen LogP contribution is -2.22. The summed E-state index contributed by atoms with van der Waals surface area (Å²) in [6, 6.07) is 12.4. The van der Waals surface area contributed by atoms with Crippen LogP contribution in [0.1, 0.15) is 16.1 Å². The minimum absolute atomic E-state index is 0.0656. The van der Waals surface area contributed by atoms with E-state index >= 15 is 0 Å². The summed E-state index contributed by atoms with van der Waals surface area (Å²) in [4.78, 5) is 29.0. The Labute approximate surface area is 175 Å². The summed E-state index contributed by atoms with van der Waals surface area (Å²) >= 11 is 2.95. The summed E-state index contributed by atoms with van der Waals surface area (Å²) in [5.74, 6) is -1.22. The first-order valence-electron chi connectivity index (χ1n) is 8.57. The summed E-state index contributed by atoms with van der Waals surface area (Å²) in [6.45, 7) is 1.51. The van der Waals surface area contributed by atoms with Crippen LogP contribution >= 0.6 is 23.1 Å². The van der Waals surface area contributed by atoms with Crippen LogP contribution in [0.15, 0.2) is 52.7 Å². The van der Waals surface area contributed by atoms with E-state index in [-0.39, 0.29) is 23.6 Å². The molecular weight excluding hydrogens is 413 g/mol. The molecule has 29 heavy (non-hydrogen) atoms. The smallest absolute Gasteiger partial charge is 0.262 e. The Morgan fingerprint density at radius 3 is 2.59 bits per heavy atom. The average molecular weight is 432 g/mol. The SMILES string of the molecule is CSc1sc(NC(=O)c2ccccc2OCC(=O)Nc2ccccc2F)nc1C. The molecule has 0 aliphatic carbocycles. The molecule has 0 unspecified atom stereocenters. The Morgan fingerprint density at radius 1 is 1.14 bits per heavy atom. The van der Waals surface area contributed by atoms with E-state index in [0.717, 1.165) is 9.90 Å². The fourth-order valence-electron chi connectivity index (χ4n) is 2.46. The Hall–Kier alpha value is -2.91. The van der Waals surface area contributed by atoms with Gasteiger partial charge in [-0.05, 0) is 37.4 Å². The lowest BCUT2D eigenvalue weighted by atomic mass is 10.2. The van der Waals surface area contributed by atoms with Gasteiger partial charge >= 0.3 is 0 Å². The van der Waals surface area contributed by atoms with E-state index in [0.29, 0.717) is 5.13 Å². The van der Waals surface area contributed by atoms with E-state index in [4.69, 9.17) is 4.74 Å². The van der Waals surface area contributed by atoms with Gasteiger partial charge in [0.15, 0.2) is 11.7 Å². The molecule has 1 heterocycles. The van der Waals surface area contributed by atoms with E-state index < -0.39 is 17.6 Å². The Kier molecular flexibility index (Phi) is 6.84. The predicted octanol–water partition coefficient (Wildman–Crippen LogP) is 4.58. The Balaban J connectivity index is 1.66. The van der Waals surface area contributed by atoms with Gasteiger partial charge in [0.05, 0.1) is 21.2 Å². The zero-order valence-electron chi connectivity index (χ0n) is 15.7. The van der Waals surface area contributed by atoms with Crippen molar-refractivity contribution >= 4 is 45.7 Å². The van der Waals surface area contributed by atoms with Gasteiger partial charge in [0, 0.05) is 0 Å². The molecule has 0 aliphatic rings. The average Bonchev–Trinajstić information content (AvgIpc) is 3.07. The Bertz CT molecular complexity index is 1040. The fourth-order valence-corrected chi connectivity index (χ4v) is 4.07. The molecule has 0 spiro atoms. The second-order valence-electron chi connectivity index (χ2n) is 5.86. The van der Waals surface area contributed by atoms with Crippen LogP contribution in [-0.4, -0.2) is 29.7 Å². The van der Waals surface area contributed by atoms with Crippen LogP contribution in [0.5, 0.6) is 5.75 Å². The highest BCUT2D eigenvalue weighted by Gasteiger charge is 2.16. The maximum Gasteiger partial charge on any atom is 0.262 e. The number of hydrogen-bond donors (Lipinski definition) is 2. The third-order valence-electron chi connectivity index (χ3n) is 3.80. The molecule has 3 rings (SSSR count). The first kappa shape index (κ1) is 20.8. The van der Waals surface area contributed by atoms with Crippen LogP contribution in [0, 0.1) is 12.7 Å². The molecule has 3 aromatic rings. The van der Waals surface area contributed by atoms with Gasteiger partial charge in [-0.1, -0.05) is 35.6 Å². The molecule has 2 aromatic carbocycles. The summed E-state index contributed by atoms with van der Waals surface area (Å²) in [5, 5.41) is 5.68. The second-order valence-corrected chi connectivity index (χ2v) is 7.94. The largest absolute Gasteiger partial charge is 0.483 e. The number of carbonyl (C=O) groups excluding carboxylic acids is 2. The monoisotopic (exact) mass is 431 g/mol. The standard InChI is InChI=1S/C20H18FN3O3S2/c1-12-19(28-2)29-20(22-12)24-18(26)13-7-3-6-10-16(13)27-11-17(25)23-15-9-5-4-8-14(15)21/h3-10H,11H2,1-2H3,(H,23,25)(H,22,24,26). The number of aromatic nitrogens is 1. The molecule has 1 aromatic heterocycles. The molecule has 0 fully saturated rings. The van der Waals surface area contributed by atoms with Crippen molar-refractivity contribution in [1.29, 1.82) is 0 Å². The number of nitrogens with one attached hydrogen (secondary N) is 2. The van der Waals surface area contributed by atoms with E-state index in [1.165, 1.54) is 29.5 Å². The molecule has 0 saturated heterocycles. The van der Waals surface area contributed by atoms with Crippen molar-refractivity contribution in [2.24, 2.45) is 0 Å². The van der Waals surface area contributed by atoms with Crippen LogP contribution < -0.4 is 15.4 Å². The number of para-hydroxylation sites is 2. The number of thioether (sulfide) groups is 1. The van der Waals surface area contributed by atoms with Crippen LogP contribution in [0.4, 0.5) is 15.2 Å². The molecule has 150 valence electrons. The van der Waals surface area contributed by atoms with Crippen LogP contribution in [0.3, 0.4) is 0 Å². The summed E-state index contributed by atoms with van der Waals surface area (Å²) in [5.41, 5.74) is 1.19. The lowest BCUT2D eigenvalue weighted by molar-refractivity contribution is -0.118. The highest BCUT2D eigenvalue weighted by molar-refractivity contribution is 8.00. The molecule has 0 aliphatic heterocycles. The van der Waals surface area contributed by atoms with Gasteiger partial charge in [-0.2, -0.15) is 0 Å². The number of rotatable bonds is 7. The molecule has 0 saturated carbocycles. The maximum absolute atomic E-state index is 13.6. The molecule has 2 N–H and O–H groups in total. The van der Waals surface area contributed by atoms with Gasteiger partial charge in [-0.25, -0.2) is 9.37 Å². The van der Waals surface area contributed by atoms with Crippen molar-refractivity contribution in [3.05, 3.63) is 65.6 Å². The third kappa shape index (κ3) is 5.33. The first-order valence-corrected chi connectivity index (χ1v) is 10.6. The molecule has 0 atom stereocenters. The number of halogens is 1. The quantitative estimate of drug-likeness (QED) is 0.535. The van der Waals surface area contributed by atoms with Crippen molar-refractivity contribution in [3.63, 3.8) is 0 Å². The van der Waals surface area contributed by atoms with Crippen LogP contribution in [0.25, 0.3) is 0 Å². The molecule has 0 radical (unpaired) electrons. The maximum atomic E-state index is 13.6. The van der Waals surface area contributed by atoms with E-state index in [1.54, 1.807) is 42.1 Å². The predicted molar refractivity (Wildman–Crippen MR) is 114 cm³/mol. The fraction of sp³-hybridized carbons (Fsp3) is 0.150. The van der Waals surface area contributed by atoms with E-state index in [2.05, 4.69) is 15.6 Å². The van der Waals surface area contributed by atoms with Crippen molar-refractivity contribution in [1.82, 2.24) is 4.98 Å².